The Morgan fingerprint density at radius 1 is 1.33 bits per heavy atom. The molecule has 8 heteroatoms. The smallest absolute Gasteiger partial charge is 0.262 e. The lowest BCUT2D eigenvalue weighted by molar-refractivity contribution is -0.122. The van der Waals surface area contributed by atoms with E-state index in [1.54, 1.807) is 0 Å². The number of hydrogen-bond donors (Lipinski definition) is 1. The molecular weight excluding hydrogens is 366 g/mol. The van der Waals surface area contributed by atoms with Crippen LogP contribution in [0.2, 0.25) is 0 Å². The highest BCUT2D eigenvalue weighted by atomic mass is 32.1. The summed E-state index contributed by atoms with van der Waals surface area (Å²) < 4.78 is 12.8. The lowest BCUT2D eigenvalue weighted by Gasteiger charge is -2.26. The zero-order valence-electron chi connectivity index (χ0n) is 15.0. The van der Waals surface area contributed by atoms with Gasteiger partial charge in [-0.25, -0.2) is 4.98 Å². The third-order valence-electron chi connectivity index (χ3n) is 4.56. The van der Waals surface area contributed by atoms with Crippen LogP contribution in [0.3, 0.4) is 0 Å². The maximum absolute atomic E-state index is 12.6. The number of hydrogen-bond acceptors (Lipinski definition) is 6. The number of thiophene rings is 1. The van der Waals surface area contributed by atoms with Crippen LogP contribution in [0, 0.1) is 13.8 Å². The molecular formula is C19H19N3O4S. The van der Waals surface area contributed by atoms with E-state index < -0.39 is 0 Å². The average Bonchev–Trinajstić information content (AvgIpc) is 2.97. The SMILES string of the molecule is Cc1sc2ncn(CC(=O)NC[C@@H]3COc4ccccc4O3)c(=O)c2c1C. The highest BCUT2D eigenvalue weighted by Gasteiger charge is 2.21. The number of aromatic nitrogens is 2. The van der Waals surface area contributed by atoms with E-state index in [2.05, 4.69) is 10.3 Å². The van der Waals surface area contributed by atoms with Crippen LogP contribution < -0.4 is 20.3 Å². The maximum Gasteiger partial charge on any atom is 0.262 e. The van der Waals surface area contributed by atoms with Gasteiger partial charge in [-0.2, -0.15) is 0 Å². The second-order valence-electron chi connectivity index (χ2n) is 6.44. The van der Waals surface area contributed by atoms with Crippen molar-refractivity contribution in [3.8, 4) is 11.5 Å². The van der Waals surface area contributed by atoms with Crippen molar-refractivity contribution in [2.75, 3.05) is 13.2 Å². The van der Waals surface area contributed by atoms with Gasteiger partial charge in [0.25, 0.3) is 5.56 Å². The first-order chi connectivity index (χ1) is 13.0. The molecule has 0 aliphatic carbocycles. The summed E-state index contributed by atoms with van der Waals surface area (Å²) in [6, 6.07) is 7.42. The van der Waals surface area contributed by atoms with Gasteiger partial charge in [0, 0.05) is 4.88 Å². The standard InChI is InChI=1S/C19H19N3O4S/c1-11-12(2)27-18-17(11)19(24)22(10-21-18)8-16(23)20-7-13-9-25-14-5-3-4-6-15(14)26-13/h3-6,10,13H,7-9H2,1-2H3,(H,20,23)/t13-/m1/s1. The lowest BCUT2D eigenvalue weighted by atomic mass is 10.2. The molecule has 1 amide bonds. The zero-order chi connectivity index (χ0) is 19.0. The van der Waals surface area contributed by atoms with E-state index in [0.717, 1.165) is 10.4 Å². The third kappa shape index (κ3) is 3.40. The summed E-state index contributed by atoms with van der Waals surface area (Å²) in [5.74, 6) is 1.09. The Labute approximate surface area is 159 Å². The molecule has 1 atom stereocenters. The van der Waals surface area contributed by atoms with E-state index >= 15 is 0 Å². The summed E-state index contributed by atoms with van der Waals surface area (Å²) in [7, 11) is 0. The van der Waals surface area contributed by atoms with Crippen LogP contribution in [-0.4, -0.2) is 34.7 Å². The summed E-state index contributed by atoms with van der Waals surface area (Å²) in [5.41, 5.74) is 0.733. The molecule has 3 aromatic rings. The van der Waals surface area contributed by atoms with Crippen LogP contribution in [0.5, 0.6) is 11.5 Å². The van der Waals surface area contributed by atoms with Gasteiger partial charge in [0.2, 0.25) is 5.91 Å². The molecule has 0 unspecified atom stereocenters. The Hall–Kier alpha value is -2.87. The Kier molecular flexibility index (Phi) is 4.57. The second-order valence-corrected chi connectivity index (χ2v) is 7.65. The molecule has 1 aromatic carbocycles. The first-order valence-electron chi connectivity index (χ1n) is 8.63. The Bertz CT molecular complexity index is 1070. The van der Waals surface area contributed by atoms with Gasteiger partial charge in [0.15, 0.2) is 11.5 Å². The molecule has 0 saturated carbocycles. The van der Waals surface area contributed by atoms with Gasteiger partial charge >= 0.3 is 0 Å². The normalized spacial score (nSPS) is 15.7. The van der Waals surface area contributed by atoms with Crippen LogP contribution in [-0.2, 0) is 11.3 Å². The zero-order valence-corrected chi connectivity index (χ0v) is 15.8. The topological polar surface area (TPSA) is 82.5 Å². The van der Waals surface area contributed by atoms with E-state index in [9.17, 15) is 9.59 Å². The number of benzene rings is 1. The van der Waals surface area contributed by atoms with E-state index in [-0.39, 0.29) is 24.1 Å². The summed E-state index contributed by atoms with van der Waals surface area (Å²) in [4.78, 5) is 31.0. The molecule has 2 aromatic heterocycles. The fourth-order valence-electron chi connectivity index (χ4n) is 2.98. The monoisotopic (exact) mass is 385 g/mol. The van der Waals surface area contributed by atoms with Crippen molar-refractivity contribution in [3.05, 3.63) is 51.4 Å². The minimum atomic E-state index is -0.275. The Morgan fingerprint density at radius 2 is 2.11 bits per heavy atom. The molecule has 1 aliphatic heterocycles. The second kappa shape index (κ2) is 7.03. The number of amides is 1. The predicted octanol–water partition coefficient (Wildman–Crippen LogP) is 2.03. The van der Waals surface area contributed by atoms with Gasteiger partial charge in [-0.1, -0.05) is 12.1 Å². The van der Waals surface area contributed by atoms with Crippen LogP contribution in [0.1, 0.15) is 10.4 Å². The van der Waals surface area contributed by atoms with E-state index in [1.807, 2.05) is 38.1 Å². The highest BCUT2D eigenvalue weighted by molar-refractivity contribution is 7.18. The lowest BCUT2D eigenvalue weighted by Crippen LogP contribution is -2.42. The number of aryl methyl sites for hydroxylation is 2. The Morgan fingerprint density at radius 3 is 2.93 bits per heavy atom. The molecule has 0 bridgehead atoms. The van der Waals surface area contributed by atoms with Crippen LogP contribution >= 0.6 is 11.3 Å². The van der Waals surface area contributed by atoms with Crippen LogP contribution in [0.15, 0.2) is 35.4 Å². The van der Waals surface area contributed by atoms with Gasteiger partial charge in [0.1, 0.15) is 24.1 Å². The van der Waals surface area contributed by atoms with Crippen molar-refractivity contribution in [2.45, 2.75) is 26.5 Å². The third-order valence-corrected chi connectivity index (χ3v) is 5.68. The molecule has 3 heterocycles. The molecule has 1 N–H and O–H groups in total. The first kappa shape index (κ1) is 17.5. The van der Waals surface area contributed by atoms with Gasteiger partial charge in [0.05, 0.1) is 18.3 Å². The molecule has 1 aliphatic rings. The van der Waals surface area contributed by atoms with Crippen LogP contribution in [0.4, 0.5) is 0 Å². The van der Waals surface area contributed by atoms with Gasteiger partial charge in [-0.15, -0.1) is 11.3 Å². The van der Waals surface area contributed by atoms with Crippen molar-refractivity contribution in [1.82, 2.24) is 14.9 Å². The molecule has 0 fully saturated rings. The Balaban J connectivity index is 1.40. The summed E-state index contributed by atoms with van der Waals surface area (Å²) in [6.07, 6.45) is 1.15. The van der Waals surface area contributed by atoms with E-state index in [0.29, 0.717) is 34.9 Å². The molecule has 7 nitrogen and oxygen atoms in total. The van der Waals surface area contributed by atoms with Gasteiger partial charge in [-0.05, 0) is 31.5 Å². The molecule has 4 rings (SSSR count). The number of rotatable bonds is 4. The molecule has 27 heavy (non-hydrogen) atoms. The number of carbonyl (C=O) groups is 1. The largest absolute Gasteiger partial charge is 0.486 e. The quantitative estimate of drug-likeness (QED) is 0.743. The minimum Gasteiger partial charge on any atom is -0.486 e. The number of para-hydroxylation sites is 2. The molecule has 0 spiro atoms. The number of nitrogens with one attached hydrogen (secondary N) is 1. The number of ether oxygens (including phenoxy) is 2. The predicted molar refractivity (Wildman–Crippen MR) is 103 cm³/mol. The maximum atomic E-state index is 12.6. The van der Waals surface area contributed by atoms with Crippen molar-refractivity contribution < 1.29 is 14.3 Å². The first-order valence-corrected chi connectivity index (χ1v) is 9.45. The average molecular weight is 385 g/mol. The number of carbonyl (C=O) groups excluding carboxylic acids is 1. The van der Waals surface area contributed by atoms with Gasteiger partial charge < -0.3 is 14.8 Å². The van der Waals surface area contributed by atoms with Gasteiger partial charge in [-0.3, -0.25) is 14.2 Å². The highest BCUT2D eigenvalue weighted by Crippen LogP contribution is 2.30. The summed E-state index contributed by atoms with van der Waals surface area (Å²) >= 11 is 1.49. The fourth-order valence-corrected chi connectivity index (χ4v) is 3.97. The molecule has 0 radical (unpaired) electrons. The minimum absolute atomic E-state index is 0.0831. The summed E-state index contributed by atoms with van der Waals surface area (Å²) in [5, 5.41) is 3.39. The van der Waals surface area contributed by atoms with Crippen molar-refractivity contribution in [1.29, 1.82) is 0 Å². The van der Waals surface area contributed by atoms with E-state index in [4.69, 9.17) is 9.47 Å². The van der Waals surface area contributed by atoms with Crippen molar-refractivity contribution >= 4 is 27.5 Å². The molecule has 0 saturated heterocycles. The fraction of sp³-hybridized carbons (Fsp3) is 0.316. The number of fused-ring (bicyclic) bond motifs is 2. The van der Waals surface area contributed by atoms with Crippen molar-refractivity contribution in [2.24, 2.45) is 0 Å². The van der Waals surface area contributed by atoms with Crippen molar-refractivity contribution in [3.63, 3.8) is 0 Å². The molecule has 140 valence electrons. The van der Waals surface area contributed by atoms with Crippen LogP contribution in [0.25, 0.3) is 10.2 Å². The number of nitrogens with zero attached hydrogens (tertiary/aromatic N) is 2. The summed E-state index contributed by atoms with van der Waals surface area (Å²) in [6.45, 7) is 4.44. The van der Waals surface area contributed by atoms with E-state index in [1.165, 1.54) is 22.2 Å².